The lowest BCUT2D eigenvalue weighted by molar-refractivity contribution is -0.123. The molecule has 25 heavy (non-hydrogen) atoms. The number of rotatable bonds is 6. The summed E-state index contributed by atoms with van der Waals surface area (Å²) in [6.07, 6.45) is 1.12. The number of ether oxygens (including phenoxy) is 1. The summed E-state index contributed by atoms with van der Waals surface area (Å²) >= 11 is 0. The summed E-state index contributed by atoms with van der Waals surface area (Å²) < 4.78 is 41.3. The van der Waals surface area contributed by atoms with Crippen LogP contribution in [0.15, 0.2) is 58.5 Å². The molecule has 6 nitrogen and oxygen atoms in total. The van der Waals surface area contributed by atoms with E-state index in [9.17, 15) is 17.6 Å². The molecule has 0 bridgehead atoms. The van der Waals surface area contributed by atoms with Crippen molar-refractivity contribution in [3.8, 4) is 5.75 Å². The number of hydrogen-bond donors (Lipinski definition) is 1. The number of nitrogens with zero attached hydrogens (tertiary/aromatic N) is 1. The van der Waals surface area contributed by atoms with Crippen LogP contribution in [0, 0.1) is 5.82 Å². The fraction of sp³-hybridized carbons (Fsp3) is 0.176. The Morgan fingerprint density at radius 3 is 2.40 bits per heavy atom. The van der Waals surface area contributed by atoms with Crippen molar-refractivity contribution in [3.05, 3.63) is 59.9 Å². The third kappa shape index (κ3) is 5.39. The molecule has 0 aliphatic rings. The maximum absolute atomic E-state index is 13.4. The fourth-order valence-electron chi connectivity index (χ4n) is 1.89. The zero-order valence-electron chi connectivity index (χ0n) is 13.7. The molecule has 0 saturated heterocycles. The molecule has 0 heterocycles. The highest BCUT2D eigenvalue weighted by molar-refractivity contribution is 7.90. The number of sulfone groups is 1. The number of nitrogens with one attached hydrogen (secondary N) is 1. The Morgan fingerprint density at radius 1 is 1.16 bits per heavy atom. The fourth-order valence-corrected chi connectivity index (χ4v) is 2.52. The first kappa shape index (κ1) is 18.6. The molecule has 1 N–H and O–H groups in total. The Balaban J connectivity index is 1.94. The Hall–Kier alpha value is -2.74. The lowest BCUT2D eigenvalue weighted by atomic mass is 10.1. The number of hydrazone groups is 1. The molecule has 2 aromatic carbocycles. The number of carbonyl (C=O) groups is 1. The number of halogens is 1. The molecule has 2 aromatic rings. The lowest BCUT2D eigenvalue weighted by Crippen LogP contribution is -2.25. The predicted octanol–water partition coefficient (Wildman–Crippen LogP) is 2.15. The van der Waals surface area contributed by atoms with Crippen molar-refractivity contribution in [1.29, 1.82) is 0 Å². The van der Waals surface area contributed by atoms with Crippen LogP contribution in [0.4, 0.5) is 4.39 Å². The quantitative estimate of drug-likeness (QED) is 0.629. The summed E-state index contributed by atoms with van der Waals surface area (Å²) in [5.74, 6) is -1.12. The zero-order valence-corrected chi connectivity index (χ0v) is 14.5. The van der Waals surface area contributed by atoms with Gasteiger partial charge in [-0.25, -0.2) is 18.2 Å². The highest BCUT2D eigenvalue weighted by Gasteiger charge is 2.08. The Labute approximate surface area is 145 Å². The predicted molar refractivity (Wildman–Crippen MR) is 91.8 cm³/mol. The van der Waals surface area contributed by atoms with E-state index in [1.165, 1.54) is 30.3 Å². The standard InChI is InChI=1S/C17H17FN2O4S/c1-12(13-7-9-14(10-8-13)25(2,22)23)19-20-17(21)11-24-16-6-4-3-5-15(16)18/h3-10H,11H2,1-2H3,(H,20,21)/b19-12-. The van der Waals surface area contributed by atoms with Crippen LogP contribution in [-0.4, -0.2) is 32.9 Å². The van der Waals surface area contributed by atoms with Crippen LogP contribution in [0.3, 0.4) is 0 Å². The second kappa shape index (κ2) is 7.89. The van der Waals surface area contributed by atoms with Gasteiger partial charge in [0.05, 0.1) is 10.6 Å². The average Bonchev–Trinajstić information content (AvgIpc) is 2.58. The van der Waals surface area contributed by atoms with Gasteiger partial charge in [0, 0.05) is 6.26 Å². The molecule has 0 radical (unpaired) electrons. The zero-order chi connectivity index (χ0) is 18.4. The van der Waals surface area contributed by atoms with E-state index in [1.807, 2.05) is 0 Å². The van der Waals surface area contributed by atoms with Crippen LogP contribution >= 0.6 is 0 Å². The molecule has 0 aliphatic heterocycles. The SMILES string of the molecule is C/C(=N/NC(=O)COc1ccccc1F)c1ccc(S(C)(=O)=O)cc1. The minimum Gasteiger partial charge on any atom is -0.481 e. The van der Waals surface area contributed by atoms with E-state index in [0.29, 0.717) is 11.3 Å². The molecule has 1 amide bonds. The van der Waals surface area contributed by atoms with E-state index in [4.69, 9.17) is 4.74 Å². The monoisotopic (exact) mass is 364 g/mol. The molecule has 0 saturated carbocycles. The Bertz CT molecular complexity index is 893. The molecule has 0 fully saturated rings. The van der Waals surface area contributed by atoms with Gasteiger partial charge in [-0.2, -0.15) is 5.10 Å². The molecule has 132 valence electrons. The highest BCUT2D eigenvalue weighted by atomic mass is 32.2. The van der Waals surface area contributed by atoms with Crippen molar-refractivity contribution < 1.29 is 22.3 Å². The summed E-state index contributed by atoms with van der Waals surface area (Å²) in [6, 6.07) is 11.9. The summed E-state index contributed by atoms with van der Waals surface area (Å²) in [6.45, 7) is 1.28. The van der Waals surface area contributed by atoms with Crippen LogP contribution < -0.4 is 10.2 Å². The van der Waals surface area contributed by atoms with Gasteiger partial charge in [-0.1, -0.05) is 24.3 Å². The molecule has 8 heteroatoms. The van der Waals surface area contributed by atoms with Gasteiger partial charge in [0.25, 0.3) is 5.91 Å². The molecule has 0 aliphatic carbocycles. The Kier molecular flexibility index (Phi) is 5.87. The number of benzene rings is 2. The molecule has 0 aromatic heterocycles. The number of amides is 1. The Morgan fingerprint density at radius 2 is 1.80 bits per heavy atom. The van der Waals surface area contributed by atoms with Crippen LogP contribution in [0.5, 0.6) is 5.75 Å². The van der Waals surface area contributed by atoms with Gasteiger partial charge in [-0.3, -0.25) is 4.79 Å². The topological polar surface area (TPSA) is 84.8 Å². The van der Waals surface area contributed by atoms with Gasteiger partial charge in [-0.15, -0.1) is 0 Å². The molecule has 0 atom stereocenters. The first-order chi connectivity index (χ1) is 11.8. The minimum atomic E-state index is -3.27. The number of carbonyl (C=O) groups excluding carboxylic acids is 1. The number of hydrogen-bond acceptors (Lipinski definition) is 5. The first-order valence-electron chi connectivity index (χ1n) is 7.28. The van der Waals surface area contributed by atoms with Crippen molar-refractivity contribution in [1.82, 2.24) is 5.43 Å². The van der Waals surface area contributed by atoms with Crippen LogP contribution in [0.2, 0.25) is 0 Å². The molecule has 0 spiro atoms. The van der Waals surface area contributed by atoms with E-state index in [-0.39, 0.29) is 17.3 Å². The third-order valence-corrected chi connectivity index (χ3v) is 4.37. The van der Waals surface area contributed by atoms with Crippen LogP contribution in [0.1, 0.15) is 12.5 Å². The summed E-state index contributed by atoms with van der Waals surface area (Å²) in [5, 5.41) is 3.91. The van der Waals surface area contributed by atoms with Crippen LogP contribution in [0.25, 0.3) is 0 Å². The molecule has 2 rings (SSSR count). The average molecular weight is 364 g/mol. The van der Waals surface area contributed by atoms with E-state index in [2.05, 4.69) is 10.5 Å². The van der Waals surface area contributed by atoms with Crippen molar-refractivity contribution in [2.45, 2.75) is 11.8 Å². The summed E-state index contributed by atoms with van der Waals surface area (Å²) in [5.41, 5.74) is 3.44. The summed E-state index contributed by atoms with van der Waals surface area (Å²) in [7, 11) is -3.27. The van der Waals surface area contributed by atoms with Gasteiger partial charge < -0.3 is 4.74 Å². The van der Waals surface area contributed by atoms with Gasteiger partial charge >= 0.3 is 0 Å². The first-order valence-corrected chi connectivity index (χ1v) is 9.17. The molecular weight excluding hydrogens is 347 g/mol. The van der Waals surface area contributed by atoms with E-state index < -0.39 is 21.6 Å². The lowest BCUT2D eigenvalue weighted by Gasteiger charge is -2.07. The summed E-state index contributed by atoms with van der Waals surface area (Å²) in [4.78, 5) is 11.9. The third-order valence-electron chi connectivity index (χ3n) is 3.24. The van der Waals surface area contributed by atoms with Gasteiger partial charge in [0.1, 0.15) is 0 Å². The highest BCUT2D eigenvalue weighted by Crippen LogP contribution is 2.15. The molecular formula is C17H17FN2O4S. The van der Waals surface area contributed by atoms with Crippen molar-refractivity contribution in [2.75, 3.05) is 12.9 Å². The van der Waals surface area contributed by atoms with E-state index in [0.717, 1.165) is 6.26 Å². The van der Waals surface area contributed by atoms with Gasteiger partial charge in [-0.05, 0) is 36.8 Å². The maximum atomic E-state index is 13.4. The largest absolute Gasteiger partial charge is 0.481 e. The van der Waals surface area contributed by atoms with E-state index in [1.54, 1.807) is 25.1 Å². The van der Waals surface area contributed by atoms with Crippen molar-refractivity contribution in [2.24, 2.45) is 5.10 Å². The van der Waals surface area contributed by atoms with E-state index >= 15 is 0 Å². The van der Waals surface area contributed by atoms with Gasteiger partial charge in [0.2, 0.25) is 0 Å². The maximum Gasteiger partial charge on any atom is 0.277 e. The minimum absolute atomic E-state index is 0.0188. The van der Waals surface area contributed by atoms with Gasteiger partial charge in [0.15, 0.2) is 28.0 Å². The van der Waals surface area contributed by atoms with Crippen molar-refractivity contribution in [3.63, 3.8) is 0 Å². The smallest absolute Gasteiger partial charge is 0.277 e. The second-order valence-electron chi connectivity index (χ2n) is 5.25. The normalized spacial score (nSPS) is 11.9. The number of para-hydroxylation sites is 1. The second-order valence-corrected chi connectivity index (χ2v) is 7.26. The van der Waals surface area contributed by atoms with Crippen molar-refractivity contribution >= 4 is 21.5 Å². The molecule has 0 unspecified atom stereocenters. The van der Waals surface area contributed by atoms with Crippen LogP contribution in [-0.2, 0) is 14.6 Å².